The minimum atomic E-state index is -1.49. The molecule has 3 N–H and O–H groups in total. The summed E-state index contributed by atoms with van der Waals surface area (Å²) in [5.74, 6) is -2.72. The molecule has 1 aromatic rings. The van der Waals surface area contributed by atoms with Crippen molar-refractivity contribution in [1.29, 1.82) is 0 Å². The highest BCUT2D eigenvalue weighted by molar-refractivity contribution is 5.86. The van der Waals surface area contributed by atoms with Gasteiger partial charge in [-0.25, -0.2) is 9.59 Å². The van der Waals surface area contributed by atoms with E-state index in [2.05, 4.69) is 10.4 Å². The van der Waals surface area contributed by atoms with Crippen molar-refractivity contribution >= 4 is 18.0 Å². The van der Waals surface area contributed by atoms with Gasteiger partial charge < -0.3 is 15.5 Å². The van der Waals surface area contributed by atoms with E-state index in [1.165, 1.54) is 0 Å². The molecule has 0 saturated carbocycles. The molecule has 1 amide bonds. The van der Waals surface area contributed by atoms with Crippen LogP contribution in [0.4, 0.5) is 4.79 Å². The second-order valence-corrected chi connectivity index (χ2v) is 3.78. The van der Waals surface area contributed by atoms with Crippen molar-refractivity contribution in [2.75, 3.05) is 0 Å². The lowest BCUT2D eigenvalue weighted by Crippen LogP contribution is -2.44. The van der Waals surface area contributed by atoms with E-state index in [1.807, 2.05) is 0 Å². The Kier molecular flexibility index (Phi) is 4.03. The van der Waals surface area contributed by atoms with Crippen molar-refractivity contribution < 1.29 is 24.6 Å². The molecule has 1 aromatic heterocycles. The summed E-state index contributed by atoms with van der Waals surface area (Å²) in [4.78, 5) is 33.0. The van der Waals surface area contributed by atoms with Crippen molar-refractivity contribution in [1.82, 2.24) is 15.1 Å². The number of carboxylic acids is 2. The lowest BCUT2D eigenvalue weighted by Gasteiger charge is -2.12. The number of aliphatic carboxylic acids is 2. The Labute approximate surface area is 102 Å². The highest BCUT2D eigenvalue weighted by Crippen LogP contribution is 2.02. The van der Waals surface area contributed by atoms with Crippen molar-refractivity contribution in [2.24, 2.45) is 0 Å². The Balaban J connectivity index is 2.81. The first-order valence-corrected chi connectivity index (χ1v) is 5.10. The SMILES string of the molecule is Cc1cc(C)n(C(=O)N[C@@H](CC(=O)O)C(=O)O)n1. The summed E-state index contributed by atoms with van der Waals surface area (Å²) in [7, 11) is 0. The molecule has 0 bridgehead atoms. The molecule has 0 aliphatic carbocycles. The predicted octanol–water partition coefficient (Wildman–Crippen LogP) is -0.0145. The quantitative estimate of drug-likeness (QED) is 0.695. The van der Waals surface area contributed by atoms with E-state index >= 15 is 0 Å². The molecule has 1 atom stereocenters. The topological polar surface area (TPSA) is 122 Å². The molecule has 0 radical (unpaired) electrons. The minimum Gasteiger partial charge on any atom is -0.481 e. The Hall–Kier alpha value is -2.38. The Morgan fingerprint density at radius 1 is 1.39 bits per heavy atom. The number of aromatic nitrogens is 2. The number of aryl methyl sites for hydroxylation is 2. The fraction of sp³-hybridized carbons (Fsp3) is 0.400. The molecule has 0 unspecified atom stereocenters. The van der Waals surface area contributed by atoms with Gasteiger partial charge in [-0.2, -0.15) is 9.78 Å². The molecule has 0 aliphatic rings. The third-order valence-corrected chi connectivity index (χ3v) is 2.18. The van der Waals surface area contributed by atoms with E-state index in [0.29, 0.717) is 11.4 Å². The van der Waals surface area contributed by atoms with Crippen molar-refractivity contribution in [3.63, 3.8) is 0 Å². The molecule has 0 spiro atoms. The molecular weight excluding hydrogens is 242 g/mol. The number of carbonyl (C=O) groups excluding carboxylic acids is 1. The van der Waals surface area contributed by atoms with Crippen molar-refractivity contribution in [2.45, 2.75) is 26.3 Å². The summed E-state index contributed by atoms with van der Waals surface area (Å²) in [6, 6.07) is -0.611. The summed E-state index contributed by atoms with van der Waals surface area (Å²) in [5.41, 5.74) is 1.14. The van der Waals surface area contributed by atoms with Crippen LogP contribution in [0.3, 0.4) is 0 Å². The van der Waals surface area contributed by atoms with Gasteiger partial charge in [0.25, 0.3) is 0 Å². The number of carboxylic acid groups (broad SMARTS) is 2. The van der Waals surface area contributed by atoms with E-state index in [9.17, 15) is 14.4 Å². The minimum absolute atomic E-state index is 0.532. The molecule has 0 aromatic carbocycles. The first-order valence-electron chi connectivity index (χ1n) is 5.10. The standard InChI is InChI=1S/C10H13N3O5/c1-5-3-6(2)13(12-5)10(18)11-7(9(16)17)4-8(14)15/h3,7H,4H2,1-2H3,(H,11,18)(H,14,15)(H,16,17)/t7-/m0/s1. The molecule has 8 nitrogen and oxygen atoms in total. The van der Waals surface area contributed by atoms with Gasteiger partial charge in [-0.05, 0) is 19.9 Å². The zero-order chi connectivity index (χ0) is 13.9. The third-order valence-electron chi connectivity index (χ3n) is 2.18. The summed E-state index contributed by atoms with van der Waals surface area (Å²) >= 11 is 0. The van der Waals surface area contributed by atoms with Crippen LogP contribution in [0.2, 0.25) is 0 Å². The molecule has 18 heavy (non-hydrogen) atoms. The molecule has 8 heteroatoms. The van der Waals surface area contributed by atoms with E-state index in [0.717, 1.165) is 4.68 Å². The lowest BCUT2D eigenvalue weighted by atomic mass is 10.2. The van der Waals surface area contributed by atoms with Gasteiger partial charge in [0.05, 0.1) is 12.1 Å². The molecule has 0 fully saturated rings. The fourth-order valence-corrected chi connectivity index (χ4v) is 1.42. The van der Waals surface area contributed by atoms with Gasteiger partial charge in [-0.3, -0.25) is 4.79 Å². The maximum Gasteiger partial charge on any atom is 0.343 e. The number of amides is 1. The average molecular weight is 255 g/mol. The number of hydrogen-bond acceptors (Lipinski definition) is 4. The molecule has 1 rings (SSSR count). The third kappa shape index (κ3) is 3.30. The van der Waals surface area contributed by atoms with Gasteiger partial charge in [0.15, 0.2) is 0 Å². The van der Waals surface area contributed by atoms with Gasteiger partial charge in [-0.15, -0.1) is 0 Å². The second kappa shape index (κ2) is 5.30. The maximum atomic E-state index is 11.7. The predicted molar refractivity (Wildman–Crippen MR) is 59.3 cm³/mol. The van der Waals surface area contributed by atoms with Gasteiger partial charge in [-0.1, -0.05) is 0 Å². The van der Waals surface area contributed by atoms with Crippen LogP contribution in [0.25, 0.3) is 0 Å². The number of rotatable bonds is 4. The fourth-order valence-electron chi connectivity index (χ4n) is 1.42. The molecule has 98 valence electrons. The van der Waals surface area contributed by atoms with Gasteiger partial charge in [0.1, 0.15) is 6.04 Å². The molecule has 0 aliphatic heterocycles. The van der Waals surface area contributed by atoms with E-state index in [1.54, 1.807) is 19.9 Å². The summed E-state index contributed by atoms with van der Waals surface area (Å²) in [6.07, 6.45) is -0.694. The monoisotopic (exact) mass is 255 g/mol. The van der Waals surface area contributed by atoms with Crippen LogP contribution in [0, 0.1) is 13.8 Å². The normalized spacial score (nSPS) is 11.9. The summed E-state index contributed by atoms with van der Waals surface area (Å²) < 4.78 is 0.993. The molecular formula is C10H13N3O5. The smallest absolute Gasteiger partial charge is 0.343 e. The van der Waals surface area contributed by atoms with Gasteiger partial charge >= 0.3 is 18.0 Å². The van der Waals surface area contributed by atoms with Gasteiger partial charge in [0, 0.05) is 5.69 Å². The van der Waals surface area contributed by atoms with Gasteiger partial charge in [0.2, 0.25) is 0 Å². The Bertz CT molecular complexity index is 494. The van der Waals surface area contributed by atoms with Crippen LogP contribution in [0.1, 0.15) is 17.8 Å². The number of nitrogens with one attached hydrogen (secondary N) is 1. The summed E-state index contributed by atoms with van der Waals surface area (Å²) in [5, 5.41) is 23.3. The zero-order valence-corrected chi connectivity index (χ0v) is 9.88. The van der Waals surface area contributed by atoms with Crippen LogP contribution in [0.15, 0.2) is 6.07 Å². The van der Waals surface area contributed by atoms with Crippen LogP contribution in [-0.2, 0) is 9.59 Å². The Morgan fingerprint density at radius 3 is 2.39 bits per heavy atom. The first-order chi connectivity index (χ1) is 8.31. The highest BCUT2D eigenvalue weighted by atomic mass is 16.4. The lowest BCUT2D eigenvalue weighted by molar-refractivity contribution is -0.145. The number of carbonyl (C=O) groups is 3. The Morgan fingerprint density at radius 2 is 2.00 bits per heavy atom. The summed E-state index contributed by atoms with van der Waals surface area (Å²) in [6.45, 7) is 3.31. The van der Waals surface area contributed by atoms with Crippen molar-refractivity contribution in [3.8, 4) is 0 Å². The van der Waals surface area contributed by atoms with E-state index in [-0.39, 0.29) is 0 Å². The van der Waals surface area contributed by atoms with Crippen LogP contribution in [-0.4, -0.2) is 44.0 Å². The van der Waals surface area contributed by atoms with E-state index in [4.69, 9.17) is 10.2 Å². The zero-order valence-electron chi connectivity index (χ0n) is 9.88. The highest BCUT2D eigenvalue weighted by Gasteiger charge is 2.24. The van der Waals surface area contributed by atoms with Crippen LogP contribution < -0.4 is 5.32 Å². The van der Waals surface area contributed by atoms with Crippen LogP contribution >= 0.6 is 0 Å². The number of hydrogen-bond donors (Lipinski definition) is 3. The second-order valence-electron chi connectivity index (χ2n) is 3.78. The van der Waals surface area contributed by atoms with Crippen LogP contribution in [0.5, 0.6) is 0 Å². The average Bonchev–Trinajstić information content (AvgIpc) is 2.56. The molecule has 0 saturated heterocycles. The largest absolute Gasteiger partial charge is 0.481 e. The maximum absolute atomic E-state index is 11.7. The van der Waals surface area contributed by atoms with Crippen molar-refractivity contribution in [3.05, 3.63) is 17.5 Å². The van der Waals surface area contributed by atoms with E-state index < -0.39 is 30.4 Å². The first kappa shape index (κ1) is 13.7. The molecule has 1 heterocycles. The number of nitrogens with zero attached hydrogens (tertiary/aromatic N) is 2.